The van der Waals surface area contributed by atoms with Crippen LogP contribution in [0.15, 0.2) is 65.0 Å². The predicted octanol–water partition coefficient (Wildman–Crippen LogP) is 3.76. The number of nitrogens with one attached hydrogen (secondary N) is 1. The van der Waals surface area contributed by atoms with Gasteiger partial charge in [0.25, 0.3) is 5.69 Å². The molecule has 0 spiro atoms. The average Bonchev–Trinajstić information content (AvgIpc) is 2.86. The van der Waals surface area contributed by atoms with Crippen molar-refractivity contribution in [3.63, 3.8) is 0 Å². The molecular weight excluding hydrogens is 456 g/mol. The van der Waals surface area contributed by atoms with Crippen LogP contribution in [0, 0.1) is 10.1 Å². The molecular formula is C25H26N2O8. The molecule has 0 amide bonds. The lowest BCUT2D eigenvalue weighted by Crippen LogP contribution is -2.32. The fourth-order valence-electron chi connectivity index (χ4n) is 3.99. The molecule has 2 aromatic carbocycles. The van der Waals surface area contributed by atoms with E-state index < -0.39 is 22.8 Å². The van der Waals surface area contributed by atoms with Crippen LogP contribution < -0.4 is 14.8 Å². The minimum absolute atomic E-state index is 0.110. The van der Waals surface area contributed by atoms with Gasteiger partial charge >= 0.3 is 11.9 Å². The maximum atomic E-state index is 13.4. The smallest absolute Gasteiger partial charge is 0.337 e. The summed E-state index contributed by atoms with van der Waals surface area (Å²) in [4.78, 5) is 36.9. The number of nitro groups is 1. The second-order valence-corrected chi connectivity index (χ2v) is 7.73. The number of non-ortho nitro benzene ring substituents is 1. The molecule has 184 valence electrons. The fraction of sp³-hybridized carbons (Fsp3) is 0.280. The van der Waals surface area contributed by atoms with Gasteiger partial charge in [0.05, 0.1) is 43.3 Å². The first-order valence-corrected chi connectivity index (χ1v) is 10.6. The topological polar surface area (TPSA) is 126 Å². The van der Waals surface area contributed by atoms with Crippen LogP contribution in [0.4, 0.5) is 5.69 Å². The second-order valence-electron chi connectivity index (χ2n) is 7.73. The molecule has 0 saturated heterocycles. The van der Waals surface area contributed by atoms with Crippen LogP contribution in [0.3, 0.4) is 0 Å². The molecule has 10 heteroatoms. The maximum Gasteiger partial charge on any atom is 0.337 e. The third-order valence-corrected chi connectivity index (χ3v) is 5.65. The molecule has 1 aliphatic rings. The first kappa shape index (κ1) is 25.3. The number of hydrogen-bond acceptors (Lipinski definition) is 9. The van der Waals surface area contributed by atoms with Gasteiger partial charge in [-0.1, -0.05) is 12.1 Å². The van der Waals surface area contributed by atoms with Crippen LogP contribution in [0.1, 0.15) is 30.9 Å². The van der Waals surface area contributed by atoms with Gasteiger partial charge in [0.1, 0.15) is 18.1 Å². The zero-order chi connectivity index (χ0) is 25.7. The molecule has 0 saturated carbocycles. The lowest BCUT2D eigenvalue weighted by Gasteiger charge is -2.30. The summed E-state index contributed by atoms with van der Waals surface area (Å²) in [5.41, 5.74) is 2.05. The Labute approximate surface area is 202 Å². The molecule has 0 radical (unpaired) electrons. The third kappa shape index (κ3) is 5.26. The summed E-state index contributed by atoms with van der Waals surface area (Å²) in [7, 11) is 4.25. The third-order valence-electron chi connectivity index (χ3n) is 5.65. The van der Waals surface area contributed by atoms with Gasteiger partial charge in [-0.15, -0.1) is 0 Å². The van der Waals surface area contributed by atoms with Crippen molar-refractivity contribution in [2.75, 3.05) is 21.3 Å². The summed E-state index contributed by atoms with van der Waals surface area (Å²) in [5.74, 6) is -1.24. The van der Waals surface area contributed by atoms with E-state index in [4.69, 9.17) is 18.9 Å². The van der Waals surface area contributed by atoms with Crippen LogP contribution >= 0.6 is 0 Å². The molecule has 1 heterocycles. The molecule has 2 aromatic rings. The van der Waals surface area contributed by atoms with Crippen LogP contribution in [-0.2, 0) is 25.7 Å². The van der Waals surface area contributed by atoms with Crippen molar-refractivity contribution in [2.45, 2.75) is 26.4 Å². The standard InChI is InChI=1S/C25H26N2O8/c1-14-21(24(28)34-5)23(16-7-6-8-18(11-16)27(30)31)22(15(2)26-14)25(29)35-13-17-9-10-19(32-3)12-20(17)33-4/h6-12,23,26H,13H2,1-5H3. The van der Waals surface area contributed by atoms with Crippen molar-refractivity contribution in [3.05, 3.63) is 86.2 Å². The van der Waals surface area contributed by atoms with E-state index >= 15 is 0 Å². The van der Waals surface area contributed by atoms with Gasteiger partial charge in [-0.05, 0) is 31.5 Å². The highest BCUT2D eigenvalue weighted by molar-refractivity contribution is 5.99. The number of nitrogens with zero attached hydrogens (tertiary/aromatic N) is 1. The number of benzene rings is 2. The number of hydrogen-bond donors (Lipinski definition) is 1. The lowest BCUT2D eigenvalue weighted by atomic mass is 9.80. The Hall–Kier alpha value is -4.34. The number of methoxy groups -OCH3 is 3. The molecule has 1 unspecified atom stereocenters. The van der Waals surface area contributed by atoms with E-state index in [0.29, 0.717) is 34.0 Å². The normalized spacial score (nSPS) is 15.3. The molecule has 3 rings (SSSR count). The van der Waals surface area contributed by atoms with E-state index in [2.05, 4.69) is 5.32 Å². The molecule has 1 atom stereocenters. The highest BCUT2D eigenvalue weighted by atomic mass is 16.6. The Bertz CT molecular complexity index is 1230. The number of ether oxygens (including phenoxy) is 4. The van der Waals surface area contributed by atoms with Gasteiger partial charge in [0, 0.05) is 35.2 Å². The minimum Gasteiger partial charge on any atom is -0.497 e. The van der Waals surface area contributed by atoms with Crippen LogP contribution in [0.25, 0.3) is 0 Å². The summed E-state index contributed by atoms with van der Waals surface area (Å²) < 4.78 is 21.1. The number of dihydropyridines is 1. The van der Waals surface area contributed by atoms with E-state index in [1.54, 1.807) is 38.1 Å². The number of carbonyl (C=O) groups excluding carboxylic acids is 2. The van der Waals surface area contributed by atoms with Crippen LogP contribution in [-0.4, -0.2) is 38.2 Å². The summed E-state index contributed by atoms with van der Waals surface area (Å²) in [6, 6.07) is 10.9. The number of carbonyl (C=O) groups is 2. The lowest BCUT2D eigenvalue weighted by molar-refractivity contribution is -0.384. The molecule has 0 aliphatic carbocycles. The highest BCUT2D eigenvalue weighted by Crippen LogP contribution is 2.40. The number of allylic oxidation sites excluding steroid dienone is 2. The zero-order valence-corrected chi connectivity index (χ0v) is 20.0. The maximum absolute atomic E-state index is 13.4. The van der Waals surface area contributed by atoms with Gasteiger partial charge < -0.3 is 24.3 Å². The molecule has 10 nitrogen and oxygen atoms in total. The van der Waals surface area contributed by atoms with Crippen molar-refractivity contribution in [1.82, 2.24) is 5.32 Å². The number of rotatable bonds is 8. The summed E-state index contributed by atoms with van der Waals surface area (Å²) in [5, 5.41) is 14.4. The highest BCUT2D eigenvalue weighted by Gasteiger charge is 2.38. The molecule has 0 fully saturated rings. The van der Waals surface area contributed by atoms with E-state index in [9.17, 15) is 19.7 Å². The molecule has 1 N–H and O–H groups in total. The van der Waals surface area contributed by atoms with Crippen molar-refractivity contribution in [3.8, 4) is 11.5 Å². The Balaban J connectivity index is 2.02. The first-order valence-electron chi connectivity index (χ1n) is 10.6. The first-order chi connectivity index (χ1) is 16.7. The van der Waals surface area contributed by atoms with Gasteiger partial charge in [-0.25, -0.2) is 9.59 Å². The monoisotopic (exact) mass is 482 g/mol. The van der Waals surface area contributed by atoms with E-state index in [1.807, 2.05) is 0 Å². The fourth-order valence-corrected chi connectivity index (χ4v) is 3.99. The number of esters is 2. The molecule has 1 aliphatic heterocycles. The van der Waals surface area contributed by atoms with E-state index in [0.717, 1.165) is 0 Å². The molecule has 35 heavy (non-hydrogen) atoms. The Morgan fingerprint density at radius 3 is 2.26 bits per heavy atom. The van der Waals surface area contributed by atoms with Crippen LogP contribution in [0.2, 0.25) is 0 Å². The zero-order valence-electron chi connectivity index (χ0n) is 20.0. The average molecular weight is 482 g/mol. The van der Waals surface area contributed by atoms with Gasteiger partial charge in [0.15, 0.2) is 0 Å². The summed E-state index contributed by atoms with van der Waals surface area (Å²) in [6.07, 6.45) is 0. The second kappa shape index (κ2) is 10.7. The Morgan fingerprint density at radius 2 is 1.66 bits per heavy atom. The van der Waals surface area contributed by atoms with E-state index in [1.165, 1.54) is 39.5 Å². The Morgan fingerprint density at radius 1 is 0.971 bits per heavy atom. The predicted molar refractivity (Wildman–Crippen MR) is 126 cm³/mol. The van der Waals surface area contributed by atoms with E-state index in [-0.39, 0.29) is 23.4 Å². The van der Waals surface area contributed by atoms with Gasteiger partial charge in [0.2, 0.25) is 0 Å². The van der Waals surface area contributed by atoms with Gasteiger partial charge in [-0.3, -0.25) is 10.1 Å². The number of nitro benzene ring substituents is 1. The summed E-state index contributed by atoms with van der Waals surface area (Å²) in [6.45, 7) is 3.23. The van der Waals surface area contributed by atoms with Crippen molar-refractivity contribution < 1.29 is 33.5 Å². The molecule has 0 bridgehead atoms. The van der Waals surface area contributed by atoms with Crippen LogP contribution in [0.5, 0.6) is 11.5 Å². The van der Waals surface area contributed by atoms with Gasteiger partial charge in [-0.2, -0.15) is 0 Å². The Kier molecular flexibility index (Phi) is 7.75. The summed E-state index contributed by atoms with van der Waals surface area (Å²) >= 11 is 0. The van der Waals surface area contributed by atoms with Crippen molar-refractivity contribution >= 4 is 17.6 Å². The van der Waals surface area contributed by atoms with Crippen molar-refractivity contribution in [2.24, 2.45) is 0 Å². The largest absolute Gasteiger partial charge is 0.497 e. The molecule has 0 aromatic heterocycles. The van der Waals surface area contributed by atoms with Crippen molar-refractivity contribution in [1.29, 1.82) is 0 Å². The quantitative estimate of drug-likeness (QED) is 0.340. The minimum atomic E-state index is -0.936. The SMILES string of the molecule is COC(=O)C1=C(C)NC(C)=C(C(=O)OCc2ccc(OC)cc2OC)C1c1cccc([N+](=O)[O-])c1.